The van der Waals surface area contributed by atoms with E-state index in [1.807, 2.05) is 0 Å². The van der Waals surface area contributed by atoms with Gasteiger partial charge in [0, 0.05) is 19.3 Å². The van der Waals surface area contributed by atoms with Crippen molar-refractivity contribution in [2.45, 2.75) is 33.1 Å². The lowest BCUT2D eigenvalue weighted by molar-refractivity contribution is 0.590. The fourth-order valence-electron chi connectivity index (χ4n) is 1.40. The molecule has 1 nitrogen and oxygen atoms in total. The predicted octanol–water partition coefficient (Wildman–Crippen LogP) is 3.44. The molecule has 0 amide bonds. The van der Waals surface area contributed by atoms with E-state index in [9.17, 15) is 0 Å². The van der Waals surface area contributed by atoms with Crippen LogP contribution in [0.1, 0.15) is 33.3 Å². The lowest BCUT2D eigenvalue weighted by Crippen LogP contribution is -2.16. The molecule has 0 saturated heterocycles. The lowest BCUT2D eigenvalue weighted by atomic mass is 9.87. The normalized spacial score (nSPS) is 11.5. The first-order chi connectivity index (χ1) is 6.45. The van der Waals surface area contributed by atoms with Crippen LogP contribution in [0.4, 0.5) is 5.69 Å². The van der Waals surface area contributed by atoms with Gasteiger partial charge in [-0.05, 0) is 30.0 Å². The molecule has 0 atom stereocenters. The zero-order valence-corrected chi connectivity index (χ0v) is 9.96. The van der Waals surface area contributed by atoms with Crippen LogP contribution in [-0.4, -0.2) is 13.6 Å². The van der Waals surface area contributed by atoms with Gasteiger partial charge in [-0.25, -0.2) is 0 Å². The smallest absolute Gasteiger partial charge is 0.0363 e. The number of rotatable bonds is 2. The van der Waals surface area contributed by atoms with Crippen molar-refractivity contribution in [1.82, 2.24) is 0 Å². The van der Waals surface area contributed by atoms with Gasteiger partial charge >= 0.3 is 0 Å². The molecule has 0 heterocycles. The Kier molecular flexibility index (Phi) is 3.20. The quantitative estimate of drug-likeness (QED) is 0.692. The molecule has 0 aromatic heterocycles. The average molecular weight is 191 g/mol. The summed E-state index contributed by atoms with van der Waals surface area (Å²) in [7, 11) is 2.12. The topological polar surface area (TPSA) is 3.24 Å². The Hall–Kier alpha value is -0.980. The van der Waals surface area contributed by atoms with Crippen LogP contribution in [0.25, 0.3) is 0 Å². The second-order valence-electron chi connectivity index (χ2n) is 4.81. The highest BCUT2D eigenvalue weighted by atomic mass is 15.1. The molecule has 14 heavy (non-hydrogen) atoms. The van der Waals surface area contributed by atoms with E-state index in [0.29, 0.717) is 0 Å². The molecular weight excluding hydrogens is 170 g/mol. The SMILES string of the molecule is CCN(C)c1ccc(C(C)(C)C)cc1. The Bertz CT molecular complexity index is 279. The van der Waals surface area contributed by atoms with Gasteiger partial charge in [-0.3, -0.25) is 0 Å². The van der Waals surface area contributed by atoms with Gasteiger partial charge in [0.15, 0.2) is 0 Å². The molecule has 0 saturated carbocycles. The predicted molar refractivity (Wildman–Crippen MR) is 64.1 cm³/mol. The van der Waals surface area contributed by atoms with Crippen LogP contribution in [0.2, 0.25) is 0 Å². The molecular formula is C13H21N. The van der Waals surface area contributed by atoms with Gasteiger partial charge in [0.2, 0.25) is 0 Å². The maximum Gasteiger partial charge on any atom is 0.0363 e. The first-order valence-corrected chi connectivity index (χ1v) is 5.27. The van der Waals surface area contributed by atoms with Crippen LogP contribution in [-0.2, 0) is 5.41 Å². The van der Waals surface area contributed by atoms with Crippen molar-refractivity contribution in [3.8, 4) is 0 Å². The van der Waals surface area contributed by atoms with Gasteiger partial charge in [0.05, 0.1) is 0 Å². The van der Waals surface area contributed by atoms with Crippen molar-refractivity contribution >= 4 is 5.69 Å². The van der Waals surface area contributed by atoms with E-state index in [4.69, 9.17) is 0 Å². The number of benzene rings is 1. The minimum Gasteiger partial charge on any atom is -0.375 e. The summed E-state index contributed by atoms with van der Waals surface area (Å²) in [6.07, 6.45) is 0. The van der Waals surface area contributed by atoms with Crippen LogP contribution < -0.4 is 4.90 Å². The summed E-state index contributed by atoms with van der Waals surface area (Å²) in [6, 6.07) is 8.84. The zero-order valence-electron chi connectivity index (χ0n) is 9.96. The molecule has 1 aromatic rings. The first-order valence-electron chi connectivity index (χ1n) is 5.27. The van der Waals surface area contributed by atoms with E-state index < -0.39 is 0 Å². The van der Waals surface area contributed by atoms with Gasteiger partial charge in [0.1, 0.15) is 0 Å². The summed E-state index contributed by atoms with van der Waals surface area (Å²) in [5.41, 5.74) is 2.94. The highest BCUT2D eigenvalue weighted by Gasteiger charge is 2.12. The Morgan fingerprint density at radius 2 is 1.57 bits per heavy atom. The summed E-state index contributed by atoms with van der Waals surface area (Å²) < 4.78 is 0. The van der Waals surface area contributed by atoms with Crippen LogP contribution >= 0.6 is 0 Å². The van der Waals surface area contributed by atoms with Gasteiger partial charge in [-0.2, -0.15) is 0 Å². The molecule has 0 radical (unpaired) electrons. The summed E-state index contributed by atoms with van der Waals surface area (Å²) in [5, 5.41) is 0. The second kappa shape index (κ2) is 4.04. The van der Waals surface area contributed by atoms with Crippen molar-refractivity contribution in [1.29, 1.82) is 0 Å². The highest BCUT2D eigenvalue weighted by molar-refractivity contribution is 5.47. The summed E-state index contributed by atoms with van der Waals surface area (Å²) in [5.74, 6) is 0. The number of anilines is 1. The average Bonchev–Trinajstić information content (AvgIpc) is 2.15. The van der Waals surface area contributed by atoms with E-state index in [-0.39, 0.29) is 5.41 Å². The van der Waals surface area contributed by atoms with Gasteiger partial charge in [-0.1, -0.05) is 32.9 Å². The first kappa shape index (κ1) is 11.1. The van der Waals surface area contributed by atoms with E-state index in [0.717, 1.165) is 6.54 Å². The highest BCUT2D eigenvalue weighted by Crippen LogP contribution is 2.24. The van der Waals surface area contributed by atoms with E-state index >= 15 is 0 Å². The molecule has 1 heteroatoms. The fourth-order valence-corrected chi connectivity index (χ4v) is 1.40. The lowest BCUT2D eigenvalue weighted by Gasteiger charge is -2.21. The number of hydrogen-bond acceptors (Lipinski definition) is 1. The Morgan fingerprint density at radius 1 is 1.07 bits per heavy atom. The molecule has 0 N–H and O–H groups in total. The minimum atomic E-state index is 0.253. The third-order valence-corrected chi connectivity index (χ3v) is 2.65. The monoisotopic (exact) mass is 191 g/mol. The molecule has 1 rings (SSSR count). The van der Waals surface area contributed by atoms with Crippen LogP contribution in [0.15, 0.2) is 24.3 Å². The molecule has 0 aliphatic rings. The third kappa shape index (κ3) is 2.50. The van der Waals surface area contributed by atoms with Gasteiger partial charge < -0.3 is 4.90 Å². The van der Waals surface area contributed by atoms with E-state index in [1.165, 1.54) is 11.3 Å². The van der Waals surface area contributed by atoms with Crippen LogP contribution in [0.5, 0.6) is 0 Å². The maximum absolute atomic E-state index is 2.24. The molecule has 78 valence electrons. The second-order valence-corrected chi connectivity index (χ2v) is 4.81. The largest absolute Gasteiger partial charge is 0.375 e. The van der Waals surface area contributed by atoms with Crippen LogP contribution in [0, 0.1) is 0 Å². The molecule has 1 aromatic carbocycles. The Balaban J connectivity index is 2.89. The standard InChI is InChI=1S/C13H21N/c1-6-14(5)12-9-7-11(8-10-12)13(2,3)4/h7-10H,6H2,1-5H3. The van der Waals surface area contributed by atoms with Gasteiger partial charge in [-0.15, -0.1) is 0 Å². The molecule has 0 aliphatic carbocycles. The van der Waals surface area contributed by atoms with Crippen molar-refractivity contribution < 1.29 is 0 Å². The third-order valence-electron chi connectivity index (χ3n) is 2.65. The van der Waals surface area contributed by atoms with Crippen molar-refractivity contribution in [3.63, 3.8) is 0 Å². The van der Waals surface area contributed by atoms with E-state index in [2.05, 4.69) is 63.9 Å². The summed E-state index contributed by atoms with van der Waals surface area (Å²) in [4.78, 5) is 2.24. The molecule has 0 fully saturated rings. The van der Waals surface area contributed by atoms with Crippen molar-refractivity contribution in [3.05, 3.63) is 29.8 Å². The summed E-state index contributed by atoms with van der Waals surface area (Å²) >= 11 is 0. The Morgan fingerprint density at radius 3 is 1.93 bits per heavy atom. The molecule has 0 bridgehead atoms. The minimum absolute atomic E-state index is 0.253. The van der Waals surface area contributed by atoms with Gasteiger partial charge in [0.25, 0.3) is 0 Å². The van der Waals surface area contributed by atoms with Crippen molar-refractivity contribution in [2.75, 3.05) is 18.5 Å². The zero-order chi connectivity index (χ0) is 10.8. The maximum atomic E-state index is 2.24. The summed E-state index contributed by atoms with van der Waals surface area (Å²) in [6.45, 7) is 9.94. The fraction of sp³-hybridized carbons (Fsp3) is 0.538. The number of hydrogen-bond donors (Lipinski definition) is 0. The Labute approximate surface area is 87.7 Å². The van der Waals surface area contributed by atoms with E-state index in [1.54, 1.807) is 0 Å². The molecule has 0 spiro atoms. The van der Waals surface area contributed by atoms with Crippen molar-refractivity contribution in [2.24, 2.45) is 0 Å². The number of nitrogens with zero attached hydrogens (tertiary/aromatic N) is 1. The molecule has 0 aliphatic heterocycles. The van der Waals surface area contributed by atoms with Crippen LogP contribution in [0.3, 0.4) is 0 Å². The molecule has 0 unspecified atom stereocenters.